The molecule has 1 N–H and O–H groups in total. The van der Waals surface area contributed by atoms with Crippen molar-refractivity contribution in [3.63, 3.8) is 0 Å². The molecule has 30 heavy (non-hydrogen) atoms. The summed E-state index contributed by atoms with van der Waals surface area (Å²) in [4.78, 5) is 37.7. The van der Waals surface area contributed by atoms with E-state index >= 15 is 0 Å². The molecule has 1 aromatic rings. The van der Waals surface area contributed by atoms with Crippen molar-refractivity contribution in [3.05, 3.63) is 46.6 Å². The Morgan fingerprint density at radius 1 is 1.10 bits per heavy atom. The van der Waals surface area contributed by atoms with Gasteiger partial charge in [-0.05, 0) is 44.4 Å². The second-order valence-electron chi connectivity index (χ2n) is 7.64. The molecule has 0 saturated heterocycles. The molecule has 0 aromatic heterocycles. The van der Waals surface area contributed by atoms with E-state index in [1.807, 2.05) is 19.9 Å². The van der Waals surface area contributed by atoms with Crippen LogP contribution >= 0.6 is 11.8 Å². The number of fused-ring (bicyclic) bond motifs is 1. The first-order valence-corrected chi connectivity index (χ1v) is 10.6. The summed E-state index contributed by atoms with van der Waals surface area (Å²) in [6, 6.07) is 1.65. The highest BCUT2D eigenvalue weighted by Gasteiger charge is 2.33. The van der Waals surface area contributed by atoms with E-state index < -0.39 is 11.4 Å². The summed E-state index contributed by atoms with van der Waals surface area (Å²) in [5.74, 6) is -0.422. The van der Waals surface area contributed by atoms with Crippen LogP contribution in [-0.2, 0) is 4.79 Å². The second-order valence-corrected chi connectivity index (χ2v) is 8.85. The minimum atomic E-state index is -1.11. The monoisotopic (exact) mass is 432 g/mol. The molecule has 2 atom stereocenters. The molecule has 0 amide bonds. The predicted molar refractivity (Wildman–Crippen MR) is 118 cm³/mol. The van der Waals surface area contributed by atoms with Crippen molar-refractivity contribution in [1.29, 1.82) is 0 Å². The number of carbonyl (C=O) groups excluding carboxylic acids is 3. The highest BCUT2D eigenvalue weighted by molar-refractivity contribution is 8.14. The van der Waals surface area contributed by atoms with Crippen LogP contribution in [0, 0.1) is 5.92 Å². The third kappa shape index (κ3) is 5.02. The number of hydrogen-bond acceptors (Lipinski definition) is 7. The summed E-state index contributed by atoms with van der Waals surface area (Å²) in [5, 5.41) is 9.41. The van der Waals surface area contributed by atoms with E-state index in [2.05, 4.69) is 0 Å². The number of thioether (sulfide) groups is 1. The van der Waals surface area contributed by atoms with Crippen molar-refractivity contribution < 1.29 is 29.0 Å². The highest BCUT2D eigenvalue weighted by Crippen LogP contribution is 2.46. The summed E-state index contributed by atoms with van der Waals surface area (Å²) in [7, 11) is 2.85. The van der Waals surface area contributed by atoms with Crippen LogP contribution in [-0.4, -0.2) is 42.1 Å². The number of allylic oxidation sites excluding steroid dienone is 4. The minimum Gasteiger partial charge on any atom is -0.496 e. The molecule has 1 aliphatic rings. The van der Waals surface area contributed by atoms with Gasteiger partial charge in [-0.25, -0.2) is 0 Å². The number of hydrogen-bond donors (Lipinski definition) is 1. The smallest absolute Gasteiger partial charge is 0.218 e. The van der Waals surface area contributed by atoms with Gasteiger partial charge in [-0.2, -0.15) is 0 Å². The van der Waals surface area contributed by atoms with Crippen LogP contribution < -0.4 is 9.47 Å². The topological polar surface area (TPSA) is 89.9 Å². The number of ketones is 2. The average molecular weight is 433 g/mol. The third-order valence-corrected chi connectivity index (χ3v) is 6.00. The minimum absolute atomic E-state index is 0.138. The molecule has 162 valence electrons. The molecule has 0 heterocycles. The Hall–Kier alpha value is -2.38. The van der Waals surface area contributed by atoms with Gasteiger partial charge in [0.2, 0.25) is 5.12 Å². The molecular formula is C23H28O6S. The van der Waals surface area contributed by atoms with Crippen molar-refractivity contribution in [1.82, 2.24) is 0 Å². The SMILES string of the molecule is COc1cc(C(CC=C(C)C)SC(=O)C(O)C(C)C)c(OC)c2c1C(=O)C=CC2=O. The lowest BCUT2D eigenvalue weighted by molar-refractivity contribution is -0.120. The summed E-state index contributed by atoms with van der Waals surface area (Å²) in [6.45, 7) is 7.44. The fourth-order valence-corrected chi connectivity index (χ4v) is 4.33. The van der Waals surface area contributed by atoms with Crippen LogP contribution in [0.1, 0.15) is 65.6 Å². The van der Waals surface area contributed by atoms with Gasteiger partial charge in [0.25, 0.3) is 0 Å². The van der Waals surface area contributed by atoms with Gasteiger partial charge in [0, 0.05) is 10.8 Å². The lowest BCUT2D eigenvalue weighted by Crippen LogP contribution is -2.24. The van der Waals surface area contributed by atoms with Gasteiger partial charge in [-0.3, -0.25) is 14.4 Å². The first-order chi connectivity index (χ1) is 14.1. The van der Waals surface area contributed by atoms with Crippen LogP contribution in [0.2, 0.25) is 0 Å². The maximum atomic E-state index is 12.7. The number of carbonyl (C=O) groups is 3. The lowest BCUT2D eigenvalue weighted by atomic mass is 9.89. The van der Waals surface area contributed by atoms with E-state index in [0.717, 1.165) is 17.3 Å². The molecule has 2 unspecified atom stereocenters. The fourth-order valence-electron chi connectivity index (χ4n) is 3.14. The molecule has 0 saturated carbocycles. The number of benzene rings is 1. The summed E-state index contributed by atoms with van der Waals surface area (Å²) in [6.07, 6.45) is 3.76. The molecule has 1 aromatic carbocycles. The van der Waals surface area contributed by atoms with Gasteiger partial charge < -0.3 is 14.6 Å². The largest absolute Gasteiger partial charge is 0.496 e. The molecule has 2 rings (SSSR count). The van der Waals surface area contributed by atoms with Crippen molar-refractivity contribution >= 4 is 28.4 Å². The van der Waals surface area contributed by atoms with Crippen molar-refractivity contribution in [2.24, 2.45) is 5.92 Å². The summed E-state index contributed by atoms with van der Waals surface area (Å²) in [5.41, 5.74) is 1.93. The van der Waals surface area contributed by atoms with E-state index in [-0.39, 0.29) is 45.2 Å². The molecule has 0 fully saturated rings. The van der Waals surface area contributed by atoms with Gasteiger partial charge in [0.1, 0.15) is 17.6 Å². The summed E-state index contributed by atoms with van der Waals surface area (Å²) < 4.78 is 11.0. The third-order valence-electron chi connectivity index (χ3n) is 4.79. The Balaban J connectivity index is 2.67. The van der Waals surface area contributed by atoms with Gasteiger partial charge in [0.05, 0.1) is 25.3 Å². The van der Waals surface area contributed by atoms with Crippen molar-refractivity contribution in [2.45, 2.75) is 45.5 Å². The van der Waals surface area contributed by atoms with Crippen LogP contribution in [0.4, 0.5) is 0 Å². The van der Waals surface area contributed by atoms with E-state index in [1.54, 1.807) is 19.9 Å². The first kappa shape index (κ1) is 23.9. The van der Waals surface area contributed by atoms with Crippen LogP contribution in [0.15, 0.2) is 29.9 Å². The molecule has 6 nitrogen and oxygen atoms in total. The standard InChI is InChI=1S/C23H28O6S/c1-12(2)7-10-18(30-23(27)21(26)13(3)4)14-11-17(28-5)19-15(24)8-9-16(25)20(19)22(14)29-6/h7-9,11,13,18,21,26H,10H2,1-6H3. The fraction of sp³-hybridized carbons (Fsp3) is 0.435. The van der Waals surface area contributed by atoms with Gasteiger partial charge in [-0.15, -0.1) is 0 Å². The Labute approximate surface area is 181 Å². The Morgan fingerprint density at radius 2 is 1.70 bits per heavy atom. The van der Waals surface area contributed by atoms with E-state index in [1.165, 1.54) is 26.4 Å². The Morgan fingerprint density at radius 3 is 2.20 bits per heavy atom. The molecule has 7 heteroatoms. The number of methoxy groups -OCH3 is 2. The lowest BCUT2D eigenvalue weighted by Gasteiger charge is -2.25. The molecular weight excluding hydrogens is 404 g/mol. The van der Waals surface area contributed by atoms with E-state index in [0.29, 0.717) is 12.0 Å². The molecule has 1 aliphatic carbocycles. The highest BCUT2D eigenvalue weighted by atomic mass is 32.2. The first-order valence-electron chi connectivity index (χ1n) is 9.69. The van der Waals surface area contributed by atoms with Crippen molar-refractivity contribution in [2.75, 3.05) is 14.2 Å². The normalized spacial score (nSPS) is 14.9. The quantitative estimate of drug-likeness (QED) is 0.612. The van der Waals surface area contributed by atoms with Crippen LogP contribution in [0.3, 0.4) is 0 Å². The van der Waals surface area contributed by atoms with Gasteiger partial charge in [-0.1, -0.05) is 37.3 Å². The predicted octanol–water partition coefficient (Wildman–Crippen LogP) is 4.31. The number of aliphatic hydroxyl groups excluding tert-OH is 1. The van der Waals surface area contributed by atoms with E-state index in [9.17, 15) is 19.5 Å². The molecule has 0 bridgehead atoms. The summed E-state index contributed by atoms with van der Waals surface area (Å²) >= 11 is 0.994. The average Bonchev–Trinajstić information content (AvgIpc) is 2.71. The zero-order valence-electron chi connectivity index (χ0n) is 18.1. The second kappa shape index (κ2) is 10.1. The maximum absolute atomic E-state index is 12.7. The number of rotatable bonds is 8. The van der Waals surface area contributed by atoms with Crippen LogP contribution in [0.5, 0.6) is 11.5 Å². The van der Waals surface area contributed by atoms with E-state index in [4.69, 9.17) is 9.47 Å². The number of aliphatic hydroxyl groups is 1. The van der Waals surface area contributed by atoms with Crippen molar-refractivity contribution in [3.8, 4) is 11.5 Å². The Kier molecular flexibility index (Phi) is 8.03. The zero-order valence-corrected chi connectivity index (χ0v) is 19.0. The van der Waals surface area contributed by atoms with Gasteiger partial charge >= 0.3 is 0 Å². The zero-order chi connectivity index (χ0) is 22.6. The molecule has 0 spiro atoms. The number of ether oxygens (including phenoxy) is 2. The van der Waals surface area contributed by atoms with Gasteiger partial charge in [0.15, 0.2) is 11.6 Å². The Bertz CT molecular complexity index is 909. The van der Waals surface area contributed by atoms with Crippen LogP contribution in [0.25, 0.3) is 0 Å². The maximum Gasteiger partial charge on any atom is 0.218 e. The molecule has 0 aliphatic heterocycles. The molecule has 0 radical (unpaired) electrons.